The van der Waals surface area contributed by atoms with Gasteiger partial charge in [0.15, 0.2) is 0 Å². The smallest absolute Gasteiger partial charge is 0.239 e. The summed E-state index contributed by atoms with van der Waals surface area (Å²) in [4.78, 5) is 26.3. The first-order valence-electron chi connectivity index (χ1n) is 6.79. The third-order valence-electron chi connectivity index (χ3n) is 3.33. The maximum absolute atomic E-state index is 13.1. The predicted octanol–water partition coefficient (Wildman–Crippen LogP) is 3.31. The molecule has 116 valence electrons. The number of nitrogens with zero attached hydrogens (tertiary/aromatic N) is 1. The van der Waals surface area contributed by atoms with Gasteiger partial charge in [-0.15, -0.1) is 0 Å². The molecule has 0 unspecified atom stereocenters. The molecule has 1 aromatic rings. The van der Waals surface area contributed by atoms with E-state index >= 15 is 0 Å². The monoisotopic (exact) mass is 314 g/mol. The van der Waals surface area contributed by atoms with E-state index in [9.17, 15) is 14.0 Å². The topological polar surface area (TPSA) is 49.4 Å². The average Bonchev–Trinajstić information content (AvgIpc) is 2.44. The third kappa shape index (κ3) is 3.94. The summed E-state index contributed by atoms with van der Waals surface area (Å²) in [6.45, 7) is 7.91. The van der Waals surface area contributed by atoms with Crippen LogP contribution >= 0.6 is 11.6 Å². The van der Waals surface area contributed by atoms with E-state index in [0.29, 0.717) is 18.8 Å². The predicted molar refractivity (Wildman–Crippen MR) is 81.7 cm³/mol. The van der Waals surface area contributed by atoms with Gasteiger partial charge < -0.3 is 10.2 Å². The molecule has 1 N–H and O–H groups in total. The highest BCUT2D eigenvalue weighted by atomic mass is 35.5. The molecule has 0 heterocycles. The highest BCUT2D eigenvalue weighted by molar-refractivity contribution is 6.31. The van der Waals surface area contributed by atoms with Crippen molar-refractivity contribution in [3.63, 3.8) is 0 Å². The second-order valence-electron chi connectivity index (χ2n) is 5.19. The van der Waals surface area contributed by atoms with Crippen LogP contribution in [0.2, 0.25) is 5.02 Å². The quantitative estimate of drug-likeness (QED) is 0.848. The minimum Gasteiger partial charge on any atom is -0.342 e. The minimum absolute atomic E-state index is 0.0827. The number of halogens is 2. The Hall–Kier alpha value is -1.62. The molecule has 2 amide bonds. The van der Waals surface area contributed by atoms with Crippen molar-refractivity contribution in [2.24, 2.45) is 5.41 Å². The Bertz CT molecular complexity index is 542. The summed E-state index contributed by atoms with van der Waals surface area (Å²) in [5.41, 5.74) is -0.862. The third-order valence-corrected chi connectivity index (χ3v) is 3.62. The standard InChI is InChI=1S/C15H20ClFN2O2/c1-5-19(6-2)14(21)15(3,4)13(20)18-10-7-8-12(17)11(16)9-10/h7-9H,5-6H2,1-4H3,(H,18,20). The van der Waals surface area contributed by atoms with Gasteiger partial charge in [0.2, 0.25) is 11.8 Å². The lowest BCUT2D eigenvalue weighted by Gasteiger charge is -2.29. The molecule has 0 aliphatic carbocycles. The molecule has 1 aromatic carbocycles. The van der Waals surface area contributed by atoms with Crippen molar-refractivity contribution in [1.82, 2.24) is 4.90 Å². The van der Waals surface area contributed by atoms with Gasteiger partial charge in [0.05, 0.1) is 5.02 Å². The molecule has 4 nitrogen and oxygen atoms in total. The van der Waals surface area contributed by atoms with E-state index < -0.39 is 17.1 Å². The SMILES string of the molecule is CCN(CC)C(=O)C(C)(C)C(=O)Nc1ccc(F)c(Cl)c1. The van der Waals surface area contributed by atoms with Crippen LogP contribution in [-0.4, -0.2) is 29.8 Å². The molecule has 0 aliphatic heterocycles. The fourth-order valence-electron chi connectivity index (χ4n) is 1.86. The van der Waals surface area contributed by atoms with E-state index in [2.05, 4.69) is 5.32 Å². The minimum atomic E-state index is -1.22. The number of carbonyl (C=O) groups is 2. The van der Waals surface area contributed by atoms with Crippen LogP contribution in [0.15, 0.2) is 18.2 Å². The Morgan fingerprint density at radius 1 is 1.29 bits per heavy atom. The van der Waals surface area contributed by atoms with Crippen LogP contribution in [0, 0.1) is 11.2 Å². The fourth-order valence-corrected chi connectivity index (χ4v) is 2.04. The molecule has 6 heteroatoms. The summed E-state index contributed by atoms with van der Waals surface area (Å²) >= 11 is 5.67. The first-order chi connectivity index (χ1) is 9.73. The Morgan fingerprint density at radius 2 is 1.86 bits per heavy atom. The molecule has 0 spiro atoms. The number of nitrogens with one attached hydrogen (secondary N) is 1. The molecule has 0 aliphatic rings. The molecule has 0 fully saturated rings. The van der Waals surface area contributed by atoms with Gasteiger partial charge in [-0.1, -0.05) is 11.6 Å². The number of hydrogen-bond acceptors (Lipinski definition) is 2. The molecule has 0 saturated heterocycles. The van der Waals surface area contributed by atoms with Crippen LogP contribution < -0.4 is 5.32 Å². The van der Waals surface area contributed by atoms with Gasteiger partial charge in [0, 0.05) is 18.8 Å². The highest BCUT2D eigenvalue weighted by Gasteiger charge is 2.38. The lowest BCUT2D eigenvalue weighted by Crippen LogP contribution is -2.47. The second kappa shape index (κ2) is 6.89. The van der Waals surface area contributed by atoms with Crippen molar-refractivity contribution >= 4 is 29.1 Å². The zero-order valence-electron chi connectivity index (χ0n) is 12.7. The van der Waals surface area contributed by atoms with Gasteiger partial charge in [-0.25, -0.2) is 4.39 Å². The molecule has 0 radical (unpaired) electrons. The Balaban J connectivity index is 2.90. The van der Waals surface area contributed by atoms with E-state index in [4.69, 9.17) is 11.6 Å². The molecule has 0 atom stereocenters. The summed E-state index contributed by atoms with van der Waals surface area (Å²) in [5.74, 6) is -1.27. The van der Waals surface area contributed by atoms with Crippen LogP contribution in [-0.2, 0) is 9.59 Å². The van der Waals surface area contributed by atoms with Crippen molar-refractivity contribution in [3.05, 3.63) is 29.0 Å². The summed E-state index contributed by atoms with van der Waals surface area (Å²) in [6.07, 6.45) is 0. The normalized spacial score (nSPS) is 11.1. The van der Waals surface area contributed by atoms with Crippen molar-refractivity contribution in [1.29, 1.82) is 0 Å². The Morgan fingerprint density at radius 3 is 2.33 bits per heavy atom. The zero-order chi connectivity index (χ0) is 16.2. The summed E-state index contributed by atoms with van der Waals surface area (Å²) < 4.78 is 13.1. The summed E-state index contributed by atoms with van der Waals surface area (Å²) in [5, 5.41) is 2.51. The van der Waals surface area contributed by atoms with E-state index in [-0.39, 0.29) is 10.9 Å². The van der Waals surface area contributed by atoms with Gasteiger partial charge >= 0.3 is 0 Å². The molecule has 0 bridgehead atoms. The average molecular weight is 315 g/mol. The summed E-state index contributed by atoms with van der Waals surface area (Å²) in [6, 6.07) is 3.88. The van der Waals surface area contributed by atoms with Crippen LogP contribution in [0.25, 0.3) is 0 Å². The summed E-state index contributed by atoms with van der Waals surface area (Å²) in [7, 11) is 0. The zero-order valence-corrected chi connectivity index (χ0v) is 13.4. The molecule has 21 heavy (non-hydrogen) atoms. The molecule has 1 rings (SSSR count). The lowest BCUT2D eigenvalue weighted by molar-refractivity contribution is -0.146. The van der Waals surface area contributed by atoms with Crippen LogP contribution in [0.5, 0.6) is 0 Å². The van der Waals surface area contributed by atoms with Gasteiger partial charge in [0.25, 0.3) is 0 Å². The van der Waals surface area contributed by atoms with E-state index in [1.54, 1.807) is 18.7 Å². The van der Waals surface area contributed by atoms with Gasteiger partial charge in [-0.05, 0) is 45.9 Å². The van der Waals surface area contributed by atoms with Crippen molar-refractivity contribution < 1.29 is 14.0 Å². The number of benzene rings is 1. The largest absolute Gasteiger partial charge is 0.342 e. The second-order valence-corrected chi connectivity index (χ2v) is 5.59. The van der Waals surface area contributed by atoms with Gasteiger partial charge in [-0.2, -0.15) is 0 Å². The van der Waals surface area contributed by atoms with E-state index in [0.717, 1.165) is 6.07 Å². The fraction of sp³-hybridized carbons (Fsp3) is 0.467. The van der Waals surface area contributed by atoms with Crippen LogP contribution in [0.3, 0.4) is 0 Å². The van der Waals surface area contributed by atoms with E-state index in [1.807, 2.05) is 13.8 Å². The first kappa shape index (κ1) is 17.4. The van der Waals surface area contributed by atoms with Crippen molar-refractivity contribution in [3.8, 4) is 0 Å². The molecule has 0 aromatic heterocycles. The maximum atomic E-state index is 13.1. The van der Waals surface area contributed by atoms with Gasteiger partial charge in [-0.3, -0.25) is 9.59 Å². The maximum Gasteiger partial charge on any atom is 0.239 e. The first-order valence-corrected chi connectivity index (χ1v) is 7.17. The highest BCUT2D eigenvalue weighted by Crippen LogP contribution is 2.24. The molecular weight excluding hydrogens is 295 g/mol. The van der Waals surface area contributed by atoms with Crippen molar-refractivity contribution in [2.75, 3.05) is 18.4 Å². The Labute approximate surface area is 129 Å². The van der Waals surface area contributed by atoms with Gasteiger partial charge in [0.1, 0.15) is 11.2 Å². The number of amides is 2. The number of hydrogen-bond donors (Lipinski definition) is 1. The van der Waals surface area contributed by atoms with Crippen LogP contribution in [0.4, 0.5) is 10.1 Å². The Kier molecular flexibility index (Phi) is 5.72. The molecule has 0 saturated carbocycles. The van der Waals surface area contributed by atoms with Crippen molar-refractivity contribution in [2.45, 2.75) is 27.7 Å². The number of rotatable bonds is 5. The lowest BCUT2D eigenvalue weighted by atomic mass is 9.90. The number of carbonyl (C=O) groups excluding carboxylic acids is 2. The number of anilines is 1. The van der Waals surface area contributed by atoms with Crippen LogP contribution in [0.1, 0.15) is 27.7 Å². The van der Waals surface area contributed by atoms with E-state index in [1.165, 1.54) is 12.1 Å². The molecular formula is C15H20ClFN2O2.